The van der Waals surface area contributed by atoms with Gasteiger partial charge < -0.3 is 20.3 Å². The number of hydrogen-bond donors (Lipinski definition) is 2. The molecule has 1 aliphatic heterocycles. The fraction of sp³-hybridized carbons (Fsp3) is 0.733. The third kappa shape index (κ3) is 3.97. The zero-order chi connectivity index (χ0) is 15.2. The zero-order valence-electron chi connectivity index (χ0n) is 13.5. The van der Waals surface area contributed by atoms with Gasteiger partial charge in [-0.3, -0.25) is 0 Å². The van der Waals surface area contributed by atoms with E-state index in [1.54, 1.807) is 13.4 Å². The first-order valence-corrected chi connectivity index (χ1v) is 7.73. The molecule has 1 saturated heterocycles. The van der Waals surface area contributed by atoms with Gasteiger partial charge in [0.2, 0.25) is 5.75 Å². The highest BCUT2D eigenvalue weighted by molar-refractivity contribution is 5.63. The summed E-state index contributed by atoms with van der Waals surface area (Å²) < 4.78 is 5.51. The molecule has 0 aromatic carbocycles. The summed E-state index contributed by atoms with van der Waals surface area (Å²) in [5.41, 5.74) is 0. The Balaban J connectivity index is 2.11. The van der Waals surface area contributed by atoms with Gasteiger partial charge in [-0.15, -0.1) is 0 Å². The van der Waals surface area contributed by atoms with E-state index in [0.717, 1.165) is 44.1 Å². The minimum absolute atomic E-state index is 0.420. The van der Waals surface area contributed by atoms with Crippen molar-refractivity contribution in [2.75, 3.05) is 44.4 Å². The van der Waals surface area contributed by atoms with E-state index in [1.165, 1.54) is 0 Å². The van der Waals surface area contributed by atoms with Crippen LogP contribution in [0.2, 0.25) is 0 Å². The second kappa shape index (κ2) is 7.45. The SMILES string of the molecule is CCCNc1ncnc(NC2CCN(C)CC2C)c1OC. The van der Waals surface area contributed by atoms with Crippen LogP contribution in [0, 0.1) is 5.92 Å². The average Bonchev–Trinajstić information content (AvgIpc) is 2.48. The Labute approximate surface area is 127 Å². The van der Waals surface area contributed by atoms with Gasteiger partial charge in [0, 0.05) is 19.1 Å². The van der Waals surface area contributed by atoms with Gasteiger partial charge in [0.05, 0.1) is 7.11 Å². The lowest BCUT2D eigenvalue weighted by atomic mass is 9.94. The van der Waals surface area contributed by atoms with Crippen molar-refractivity contribution in [1.82, 2.24) is 14.9 Å². The molecule has 0 saturated carbocycles. The molecule has 0 amide bonds. The van der Waals surface area contributed by atoms with Crippen molar-refractivity contribution in [3.63, 3.8) is 0 Å². The minimum atomic E-state index is 0.420. The highest BCUT2D eigenvalue weighted by Gasteiger charge is 2.25. The molecule has 118 valence electrons. The molecule has 0 spiro atoms. The minimum Gasteiger partial charge on any atom is -0.490 e. The van der Waals surface area contributed by atoms with Gasteiger partial charge in [0.25, 0.3) is 0 Å². The van der Waals surface area contributed by atoms with E-state index in [4.69, 9.17) is 4.74 Å². The summed E-state index contributed by atoms with van der Waals surface area (Å²) in [6.45, 7) is 7.48. The van der Waals surface area contributed by atoms with Gasteiger partial charge in [0.1, 0.15) is 6.33 Å². The third-order valence-corrected chi connectivity index (χ3v) is 3.98. The van der Waals surface area contributed by atoms with Gasteiger partial charge in [-0.05, 0) is 32.4 Å². The monoisotopic (exact) mass is 293 g/mol. The number of hydrogen-bond acceptors (Lipinski definition) is 6. The number of methoxy groups -OCH3 is 1. The van der Waals surface area contributed by atoms with Crippen LogP contribution >= 0.6 is 0 Å². The molecule has 1 fully saturated rings. The summed E-state index contributed by atoms with van der Waals surface area (Å²) >= 11 is 0. The van der Waals surface area contributed by atoms with Crippen LogP contribution < -0.4 is 15.4 Å². The summed E-state index contributed by atoms with van der Waals surface area (Å²) in [5.74, 6) is 2.83. The van der Waals surface area contributed by atoms with Crippen LogP contribution in [0.3, 0.4) is 0 Å². The highest BCUT2D eigenvalue weighted by atomic mass is 16.5. The Kier molecular flexibility index (Phi) is 5.61. The first-order valence-electron chi connectivity index (χ1n) is 7.73. The molecule has 2 atom stereocenters. The van der Waals surface area contributed by atoms with E-state index < -0.39 is 0 Å². The first-order chi connectivity index (χ1) is 10.2. The molecule has 0 radical (unpaired) electrons. The molecule has 0 bridgehead atoms. The molecule has 2 rings (SSSR count). The number of rotatable bonds is 6. The van der Waals surface area contributed by atoms with Gasteiger partial charge in [0.15, 0.2) is 11.6 Å². The normalized spacial score (nSPS) is 22.9. The van der Waals surface area contributed by atoms with E-state index in [0.29, 0.717) is 17.7 Å². The average molecular weight is 293 g/mol. The van der Waals surface area contributed by atoms with Crippen LogP contribution in [0.5, 0.6) is 5.75 Å². The second-order valence-electron chi connectivity index (χ2n) is 5.81. The molecule has 2 heterocycles. The highest BCUT2D eigenvalue weighted by Crippen LogP contribution is 2.31. The van der Waals surface area contributed by atoms with Crippen molar-refractivity contribution >= 4 is 11.6 Å². The van der Waals surface area contributed by atoms with Crippen LogP contribution in [-0.2, 0) is 0 Å². The Bertz CT molecular complexity index is 454. The fourth-order valence-electron chi connectivity index (χ4n) is 2.78. The number of nitrogens with one attached hydrogen (secondary N) is 2. The lowest BCUT2D eigenvalue weighted by molar-refractivity contribution is 0.205. The molecule has 2 N–H and O–H groups in total. The standard InChI is InChI=1S/C15H27N5O/c1-5-7-16-14-13(21-4)15(18-10-17-14)19-12-6-8-20(3)9-11(12)2/h10-12H,5-9H2,1-4H3,(H2,16,17,18,19). The van der Waals surface area contributed by atoms with Crippen molar-refractivity contribution < 1.29 is 4.74 Å². The summed E-state index contributed by atoms with van der Waals surface area (Å²) in [5, 5.41) is 6.83. The topological polar surface area (TPSA) is 62.3 Å². The quantitative estimate of drug-likeness (QED) is 0.837. The lowest BCUT2D eigenvalue weighted by Gasteiger charge is -2.35. The number of aromatic nitrogens is 2. The van der Waals surface area contributed by atoms with Crippen LogP contribution in [0.25, 0.3) is 0 Å². The maximum absolute atomic E-state index is 5.51. The Hall–Kier alpha value is -1.56. The Morgan fingerprint density at radius 2 is 2.14 bits per heavy atom. The number of piperidine rings is 1. The Morgan fingerprint density at radius 1 is 1.38 bits per heavy atom. The van der Waals surface area contributed by atoms with Crippen molar-refractivity contribution in [2.24, 2.45) is 5.92 Å². The zero-order valence-corrected chi connectivity index (χ0v) is 13.5. The largest absolute Gasteiger partial charge is 0.490 e. The molecule has 21 heavy (non-hydrogen) atoms. The van der Waals surface area contributed by atoms with Crippen molar-refractivity contribution in [2.45, 2.75) is 32.7 Å². The fourth-order valence-corrected chi connectivity index (χ4v) is 2.78. The summed E-state index contributed by atoms with van der Waals surface area (Å²) in [4.78, 5) is 11.0. The molecule has 1 aromatic rings. The predicted octanol–water partition coefficient (Wildman–Crippen LogP) is 2.06. The first kappa shape index (κ1) is 15.8. The second-order valence-corrected chi connectivity index (χ2v) is 5.81. The van der Waals surface area contributed by atoms with Gasteiger partial charge >= 0.3 is 0 Å². The molecule has 6 nitrogen and oxygen atoms in total. The van der Waals surface area contributed by atoms with Crippen LogP contribution in [0.15, 0.2) is 6.33 Å². The number of anilines is 2. The maximum atomic E-state index is 5.51. The van der Waals surface area contributed by atoms with E-state index in [1.807, 2.05) is 0 Å². The van der Waals surface area contributed by atoms with Crippen LogP contribution in [0.1, 0.15) is 26.7 Å². The third-order valence-electron chi connectivity index (χ3n) is 3.98. The van der Waals surface area contributed by atoms with Gasteiger partial charge in [-0.25, -0.2) is 9.97 Å². The summed E-state index contributed by atoms with van der Waals surface area (Å²) in [7, 11) is 3.84. The molecule has 2 unspecified atom stereocenters. The summed E-state index contributed by atoms with van der Waals surface area (Å²) in [6, 6.07) is 0.420. The molecular weight excluding hydrogens is 266 g/mol. The molecule has 0 aliphatic carbocycles. The van der Waals surface area contributed by atoms with Crippen molar-refractivity contribution in [3.8, 4) is 5.75 Å². The number of ether oxygens (including phenoxy) is 1. The smallest absolute Gasteiger partial charge is 0.204 e. The molecule has 6 heteroatoms. The Morgan fingerprint density at radius 3 is 2.81 bits per heavy atom. The molecular formula is C15H27N5O. The number of nitrogens with zero attached hydrogens (tertiary/aromatic N) is 3. The van der Waals surface area contributed by atoms with E-state index in [2.05, 4.69) is 46.4 Å². The summed E-state index contributed by atoms with van der Waals surface area (Å²) in [6.07, 6.45) is 3.74. The van der Waals surface area contributed by atoms with Crippen molar-refractivity contribution in [3.05, 3.63) is 6.33 Å². The molecule has 1 aliphatic rings. The van der Waals surface area contributed by atoms with E-state index >= 15 is 0 Å². The van der Waals surface area contributed by atoms with Gasteiger partial charge in [-0.1, -0.05) is 13.8 Å². The lowest BCUT2D eigenvalue weighted by Crippen LogP contribution is -2.43. The van der Waals surface area contributed by atoms with Crippen molar-refractivity contribution in [1.29, 1.82) is 0 Å². The van der Waals surface area contributed by atoms with Gasteiger partial charge in [-0.2, -0.15) is 0 Å². The van der Waals surface area contributed by atoms with E-state index in [9.17, 15) is 0 Å². The molecule has 1 aromatic heterocycles. The van der Waals surface area contributed by atoms with E-state index in [-0.39, 0.29) is 0 Å². The maximum Gasteiger partial charge on any atom is 0.204 e. The number of likely N-dealkylation sites (tertiary alicyclic amines) is 1. The van der Waals surface area contributed by atoms with Crippen LogP contribution in [0.4, 0.5) is 11.6 Å². The van der Waals surface area contributed by atoms with Crippen LogP contribution in [-0.4, -0.2) is 54.7 Å². The predicted molar refractivity (Wildman–Crippen MR) is 86.1 cm³/mol.